The van der Waals surface area contributed by atoms with E-state index in [0.29, 0.717) is 5.92 Å². The smallest absolute Gasteiger partial charge is 0.410 e. The molecular formula is C17H23ClN4O2. The molecule has 2 aromatic rings. The van der Waals surface area contributed by atoms with Crippen LogP contribution in [-0.2, 0) is 11.3 Å². The lowest BCUT2D eigenvalue weighted by Crippen LogP contribution is -2.42. The quantitative estimate of drug-likeness (QED) is 0.774. The van der Waals surface area contributed by atoms with Gasteiger partial charge < -0.3 is 14.2 Å². The second-order valence-electron chi connectivity index (χ2n) is 7.30. The first-order valence-corrected chi connectivity index (χ1v) is 8.65. The number of halogens is 1. The van der Waals surface area contributed by atoms with E-state index in [2.05, 4.69) is 14.5 Å². The molecule has 6 nitrogen and oxygen atoms in total. The Morgan fingerprint density at radius 3 is 2.75 bits per heavy atom. The van der Waals surface area contributed by atoms with Crippen molar-refractivity contribution in [2.75, 3.05) is 13.1 Å². The van der Waals surface area contributed by atoms with E-state index in [4.69, 9.17) is 16.3 Å². The van der Waals surface area contributed by atoms with Gasteiger partial charge in [-0.3, -0.25) is 0 Å². The number of hydrogen-bond acceptors (Lipinski definition) is 4. The Morgan fingerprint density at radius 2 is 2.08 bits per heavy atom. The van der Waals surface area contributed by atoms with E-state index in [1.807, 2.05) is 33.0 Å². The number of likely N-dealkylation sites (tertiary alicyclic amines) is 1. The highest BCUT2D eigenvalue weighted by Gasteiger charge is 2.27. The number of piperidine rings is 1. The molecule has 1 saturated heterocycles. The maximum absolute atomic E-state index is 12.1. The first-order valence-electron chi connectivity index (χ1n) is 8.27. The summed E-state index contributed by atoms with van der Waals surface area (Å²) in [6, 6.07) is 2.00. The summed E-state index contributed by atoms with van der Waals surface area (Å²) >= 11 is 5.90. The van der Waals surface area contributed by atoms with Gasteiger partial charge in [-0.1, -0.05) is 0 Å². The Morgan fingerprint density at radius 1 is 1.38 bits per heavy atom. The zero-order valence-electron chi connectivity index (χ0n) is 14.3. The lowest BCUT2D eigenvalue weighted by Gasteiger charge is -2.33. The molecule has 0 N–H and O–H groups in total. The Balaban J connectivity index is 1.59. The molecule has 0 saturated carbocycles. The van der Waals surface area contributed by atoms with Gasteiger partial charge in [-0.25, -0.2) is 9.78 Å². The van der Waals surface area contributed by atoms with E-state index >= 15 is 0 Å². The fourth-order valence-corrected chi connectivity index (χ4v) is 3.13. The highest BCUT2D eigenvalue weighted by molar-refractivity contribution is 6.28. The van der Waals surface area contributed by atoms with E-state index in [-0.39, 0.29) is 11.4 Å². The first-order chi connectivity index (χ1) is 11.3. The molecule has 0 unspecified atom stereocenters. The third kappa shape index (κ3) is 3.98. The van der Waals surface area contributed by atoms with Crippen LogP contribution >= 0.6 is 11.6 Å². The van der Waals surface area contributed by atoms with Crippen molar-refractivity contribution in [1.29, 1.82) is 0 Å². The highest BCUT2D eigenvalue weighted by atomic mass is 35.5. The molecule has 0 radical (unpaired) electrons. The molecule has 3 rings (SSSR count). The number of carbonyl (C=O) groups excluding carboxylic acids is 1. The van der Waals surface area contributed by atoms with Crippen LogP contribution in [0.15, 0.2) is 18.5 Å². The predicted molar refractivity (Wildman–Crippen MR) is 93.1 cm³/mol. The molecule has 130 valence electrons. The van der Waals surface area contributed by atoms with Crippen molar-refractivity contribution in [3.8, 4) is 0 Å². The minimum atomic E-state index is -0.447. The van der Waals surface area contributed by atoms with Crippen LogP contribution in [0.2, 0.25) is 5.28 Å². The van der Waals surface area contributed by atoms with Crippen molar-refractivity contribution >= 4 is 28.7 Å². The van der Waals surface area contributed by atoms with Crippen molar-refractivity contribution in [1.82, 2.24) is 19.4 Å². The van der Waals surface area contributed by atoms with Gasteiger partial charge in [0.1, 0.15) is 11.2 Å². The zero-order valence-corrected chi connectivity index (χ0v) is 15.1. The predicted octanol–water partition coefficient (Wildman–Crippen LogP) is 3.73. The summed E-state index contributed by atoms with van der Waals surface area (Å²) in [5.74, 6) is 0.507. The molecule has 0 atom stereocenters. The third-order valence-corrected chi connectivity index (χ3v) is 4.38. The molecule has 0 spiro atoms. The molecule has 1 aliphatic heterocycles. The zero-order chi connectivity index (χ0) is 17.3. The Kier molecular flexibility index (Phi) is 4.67. The lowest BCUT2D eigenvalue weighted by molar-refractivity contribution is 0.0178. The summed E-state index contributed by atoms with van der Waals surface area (Å²) in [6.45, 7) is 8.01. The van der Waals surface area contributed by atoms with Gasteiger partial charge >= 0.3 is 6.09 Å². The van der Waals surface area contributed by atoms with Gasteiger partial charge in [-0.05, 0) is 57.2 Å². The number of fused-ring (bicyclic) bond motifs is 1. The topological polar surface area (TPSA) is 60.2 Å². The average Bonchev–Trinajstić information content (AvgIpc) is 2.88. The molecule has 24 heavy (non-hydrogen) atoms. The molecule has 1 aliphatic rings. The number of ether oxygens (including phenoxy) is 1. The number of aromatic nitrogens is 3. The Hall–Kier alpha value is -1.82. The summed E-state index contributed by atoms with van der Waals surface area (Å²) in [7, 11) is 0. The van der Waals surface area contributed by atoms with E-state index in [1.54, 1.807) is 11.1 Å². The Bertz CT molecular complexity index is 730. The van der Waals surface area contributed by atoms with Crippen molar-refractivity contribution < 1.29 is 9.53 Å². The van der Waals surface area contributed by atoms with Gasteiger partial charge in [0.15, 0.2) is 0 Å². The molecule has 0 aliphatic carbocycles. The fourth-order valence-electron chi connectivity index (χ4n) is 3.00. The number of hydrogen-bond donors (Lipinski definition) is 0. The molecule has 0 bridgehead atoms. The number of carbonyl (C=O) groups is 1. The SMILES string of the molecule is CC(C)(C)OC(=O)N1CCC(Cn2ccc3cnc(Cl)nc32)CC1. The molecule has 2 aromatic heterocycles. The summed E-state index contributed by atoms with van der Waals surface area (Å²) in [6.07, 6.45) is 5.46. The maximum atomic E-state index is 12.1. The van der Waals surface area contributed by atoms with Crippen LogP contribution in [0.3, 0.4) is 0 Å². The van der Waals surface area contributed by atoms with Crippen molar-refractivity contribution in [2.45, 2.75) is 45.8 Å². The third-order valence-electron chi connectivity index (χ3n) is 4.19. The van der Waals surface area contributed by atoms with E-state index in [1.165, 1.54) is 0 Å². The highest BCUT2D eigenvalue weighted by Crippen LogP contribution is 2.23. The Labute approximate surface area is 146 Å². The van der Waals surface area contributed by atoms with Gasteiger partial charge in [0.25, 0.3) is 0 Å². The van der Waals surface area contributed by atoms with Gasteiger partial charge in [-0.2, -0.15) is 4.98 Å². The summed E-state index contributed by atoms with van der Waals surface area (Å²) < 4.78 is 7.56. The largest absolute Gasteiger partial charge is 0.444 e. The van der Waals surface area contributed by atoms with Crippen LogP contribution in [0.5, 0.6) is 0 Å². The molecule has 1 amide bonds. The van der Waals surface area contributed by atoms with Gasteiger partial charge in [-0.15, -0.1) is 0 Å². The number of rotatable bonds is 2. The number of nitrogens with zero attached hydrogens (tertiary/aromatic N) is 4. The summed E-state index contributed by atoms with van der Waals surface area (Å²) in [4.78, 5) is 22.2. The second-order valence-corrected chi connectivity index (χ2v) is 7.63. The lowest BCUT2D eigenvalue weighted by atomic mass is 9.97. The van der Waals surface area contributed by atoms with Crippen LogP contribution in [-0.4, -0.2) is 44.2 Å². The maximum Gasteiger partial charge on any atom is 0.410 e. The fraction of sp³-hybridized carbons (Fsp3) is 0.588. The van der Waals surface area contributed by atoms with Crippen LogP contribution < -0.4 is 0 Å². The molecule has 0 aromatic carbocycles. The van der Waals surface area contributed by atoms with Crippen LogP contribution in [0.25, 0.3) is 11.0 Å². The second kappa shape index (κ2) is 6.59. The monoisotopic (exact) mass is 350 g/mol. The van der Waals surface area contributed by atoms with Gasteiger partial charge in [0, 0.05) is 37.4 Å². The summed E-state index contributed by atoms with van der Waals surface area (Å²) in [5, 5.41) is 1.26. The minimum Gasteiger partial charge on any atom is -0.444 e. The van der Waals surface area contributed by atoms with Crippen LogP contribution in [0.4, 0.5) is 4.79 Å². The first kappa shape index (κ1) is 17.0. The van der Waals surface area contributed by atoms with Crippen molar-refractivity contribution in [2.24, 2.45) is 5.92 Å². The van der Waals surface area contributed by atoms with Crippen LogP contribution in [0, 0.1) is 5.92 Å². The molecule has 7 heteroatoms. The molecule has 3 heterocycles. The van der Waals surface area contributed by atoms with Crippen molar-refractivity contribution in [3.05, 3.63) is 23.7 Å². The van der Waals surface area contributed by atoms with Gasteiger partial charge in [0.05, 0.1) is 0 Å². The molecule has 1 fully saturated rings. The molecular weight excluding hydrogens is 328 g/mol. The number of amides is 1. The van der Waals surface area contributed by atoms with Crippen molar-refractivity contribution in [3.63, 3.8) is 0 Å². The van der Waals surface area contributed by atoms with E-state index in [9.17, 15) is 4.79 Å². The van der Waals surface area contributed by atoms with E-state index < -0.39 is 5.60 Å². The average molecular weight is 351 g/mol. The summed E-state index contributed by atoms with van der Waals surface area (Å²) in [5.41, 5.74) is 0.418. The van der Waals surface area contributed by atoms with Gasteiger partial charge in [0.2, 0.25) is 5.28 Å². The standard InChI is InChI=1S/C17H23ClN4O2/c1-17(2,3)24-16(23)21-7-4-12(5-8-21)11-22-9-6-13-10-19-15(18)20-14(13)22/h6,9-10,12H,4-5,7-8,11H2,1-3H3. The normalized spacial score (nSPS) is 16.6. The van der Waals surface area contributed by atoms with Crippen LogP contribution in [0.1, 0.15) is 33.6 Å². The minimum absolute atomic E-state index is 0.216. The van der Waals surface area contributed by atoms with E-state index in [0.717, 1.165) is 43.5 Å².